The third-order valence-electron chi connectivity index (χ3n) is 3.52. The van der Waals surface area contributed by atoms with E-state index in [9.17, 15) is 4.79 Å². The van der Waals surface area contributed by atoms with Crippen LogP contribution in [0, 0.1) is 0 Å². The number of carbonyl (C=O) groups excluding carboxylic acids is 1. The lowest BCUT2D eigenvalue weighted by atomic mass is 10.0. The Hall–Kier alpha value is -1.63. The Balaban J connectivity index is 0.00000288. The molecule has 2 atom stereocenters. The number of halogens is 2. The second kappa shape index (κ2) is 9.61. The van der Waals surface area contributed by atoms with Gasteiger partial charge in [-0.25, -0.2) is 0 Å². The predicted molar refractivity (Wildman–Crippen MR) is 95.5 cm³/mol. The molecule has 2 aromatic rings. The van der Waals surface area contributed by atoms with Gasteiger partial charge in [-0.2, -0.15) is 4.98 Å². The largest absolute Gasteiger partial charge is 0.349 e. The van der Waals surface area contributed by atoms with Crippen molar-refractivity contribution in [1.29, 1.82) is 0 Å². The molecule has 0 radical (unpaired) electrons. The highest BCUT2D eigenvalue weighted by atomic mass is 35.5. The van der Waals surface area contributed by atoms with Crippen LogP contribution in [0.25, 0.3) is 0 Å². The summed E-state index contributed by atoms with van der Waals surface area (Å²) in [5.41, 5.74) is 0.938. The quantitative estimate of drug-likeness (QED) is 0.780. The van der Waals surface area contributed by atoms with Crippen LogP contribution in [0.2, 0.25) is 5.02 Å². The van der Waals surface area contributed by atoms with Crippen LogP contribution in [0.1, 0.15) is 37.2 Å². The second-order valence-corrected chi connectivity index (χ2v) is 5.94. The van der Waals surface area contributed by atoms with E-state index in [1.807, 2.05) is 26.1 Å². The highest BCUT2D eigenvalue weighted by Crippen LogP contribution is 2.20. The summed E-state index contributed by atoms with van der Waals surface area (Å²) in [7, 11) is 1.89. The number of nitrogens with one attached hydrogen (secondary N) is 2. The first-order chi connectivity index (χ1) is 11.0. The molecule has 24 heavy (non-hydrogen) atoms. The number of hydrogen-bond donors (Lipinski definition) is 2. The summed E-state index contributed by atoms with van der Waals surface area (Å²) < 4.78 is 5.30. The molecular formula is C16H22Cl2N4O2. The van der Waals surface area contributed by atoms with Crippen molar-refractivity contribution in [1.82, 2.24) is 20.8 Å². The topological polar surface area (TPSA) is 80.0 Å². The molecule has 0 saturated carbocycles. The maximum atomic E-state index is 11.5. The number of nitrogens with zero attached hydrogens (tertiary/aromatic N) is 2. The van der Waals surface area contributed by atoms with Gasteiger partial charge in [0.1, 0.15) is 0 Å². The maximum absolute atomic E-state index is 11.5. The first-order valence-electron chi connectivity index (χ1n) is 7.49. The van der Waals surface area contributed by atoms with E-state index in [1.54, 1.807) is 12.1 Å². The highest BCUT2D eigenvalue weighted by Gasteiger charge is 2.18. The zero-order valence-electron chi connectivity index (χ0n) is 13.9. The van der Waals surface area contributed by atoms with Gasteiger partial charge in [-0.1, -0.05) is 28.9 Å². The Labute approximate surface area is 152 Å². The second-order valence-electron chi connectivity index (χ2n) is 5.51. The van der Waals surface area contributed by atoms with Crippen LogP contribution < -0.4 is 10.6 Å². The number of rotatable bonds is 7. The monoisotopic (exact) mass is 372 g/mol. The minimum atomic E-state index is -0.236. The van der Waals surface area contributed by atoms with Gasteiger partial charge < -0.3 is 15.2 Å². The van der Waals surface area contributed by atoms with Crippen molar-refractivity contribution in [2.75, 3.05) is 7.05 Å². The van der Waals surface area contributed by atoms with Gasteiger partial charge in [-0.3, -0.25) is 4.79 Å². The summed E-state index contributed by atoms with van der Waals surface area (Å²) in [6.45, 7) is 3.53. The minimum Gasteiger partial charge on any atom is -0.349 e. The molecule has 6 nitrogen and oxygen atoms in total. The molecule has 1 heterocycles. The van der Waals surface area contributed by atoms with Crippen molar-refractivity contribution in [3.63, 3.8) is 0 Å². The molecule has 2 N–H and O–H groups in total. The lowest BCUT2D eigenvalue weighted by Gasteiger charge is -2.16. The van der Waals surface area contributed by atoms with E-state index in [1.165, 1.54) is 6.92 Å². The molecule has 0 fully saturated rings. The zero-order valence-corrected chi connectivity index (χ0v) is 15.4. The zero-order chi connectivity index (χ0) is 16.8. The lowest BCUT2D eigenvalue weighted by Crippen LogP contribution is -2.27. The normalized spacial score (nSPS) is 13.0. The van der Waals surface area contributed by atoms with Crippen molar-refractivity contribution in [3.05, 3.63) is 46.6 Å². The summed E-state index contributed by atoms with van der Waals surface area (Å²) in [4.78, 5) is 15.9. The van der Waals surface area contributed by atoms with Crippen molar-refractivity contribution >= 4 is 29.9 Å². The van der Waals surface area contributed by atoms with Crippen LogP contribution in [0.4, 0.5) is 0 Å². The number of hydrogen-bond acceptors (Lipinski definition) is 5. The average molecular weight is 373 g/mol. The van der Waals surface area contributed by atoms with Crippen LogP contribution >= 0.6 is 24.0 Å². The molecule has 0 aliphatic rings. The Bertz CT molecular complexity index is 646. The number of amides is 1. The molecule has 0 spiro atoms. The summed E-state index contributed by atoms with van der Waals surface area (Å²) in [6, 6.07) is 7.37. The lowest BCUT2D eigenvalue weighted by molar-refractivity contribution is -0.119. The third-order valence-corrected chi connectivity index (χ3v) is 3.77. The van der Waals surface area contributed by atoms with Gasteiger partial charge in [0.25, 0.3) is 0 Å². The van der Waals surface area contributed by atoms with E-state index in [-0.39, 0.29) is 30.4 Å². The molecule has 1 aromatic heterocycles. The van der Waals surface area contributed by atoms with Crippen LogP contribution in [0.15, 0.2) is 28.8 Å². The Kier molecular flexibility index (Phi) is 8.18. The highest BCUT2D eigenvalue weighted by molar-refractivity contribution is 6.30. The molecule has 0 aliphatic carbocycles. The smallest absolute Gasteiger partial charge is 0.229 e. The fraction of sp³-hybridized carbons (Fsp3) is 0.438. The number of aromatic nitrogens is 2. The van der Waals surface area contributed by atoms with E-state index in [4.69, 9.17) is 16.1 Å². The molecule has 2 unspecified atom stereocenters. The van der Waals surface area contributed by atoms with Crippen LogP contribution in [-0.2, 0) is 17.6 Å². The first kappa shape index (κ1) is 20.4. The minimum absolute atomic E-state index is 0. The number of likely N-dealkylation sites (N-methyl/N-ethyl adjacent to an activating group) is 1. The van der Waals surface area contributed by atoms with Gasteiger partial charge in [0.15, 0.2) is 5.82 Å². The number of benzene rings is 1. The Morgan fingerprint density at radius 3 is 2.54 bits per heavy atom. The van der Waals surface area contributed by atoms with Crippen molar-refractivity contribution < 1.29 is 9.32 Å². The summed E-state index contributed by atoms with van der Waals surface area (Å²) >= 11 is 5.91. The van der Waals surface area contributed by atoms with Crippen LogP contribution in [0.3, 0.4) is 0 Å². The molecule has 1 aromatic carbocycles. The van der Waals surface area contributed by atoms with Gasteiger partial charge in [0, 0.05) is 24.4 Å². The van der Waals surface area contributed by atoms with Crippen LogP contribution in [0.5, 0.6) is 0 Å². The summed E-state index contributed by atoms with van der Waals surface area (Å²) in [5, 5.41) is 10.7. The predicted octanol–water partition coefficient (Wildman–Crippen LogP) is 2.72. The van der Waals surface area contributed by atoms with Gasteiger partial charge in [-0.05, 0) is 31.7 Å². The van der Waals surface area contributed by atoms with Crippen LogP contribution in [-0.4, -0.2) is 29.1 Å². The molecule has 132 valence electrons. The van der Waals surface area contributed by atoms with Crippen molar-refractivity contribution in [2.45, 2.75) is 38.8 Å². The standard InChI is InChI=1S/C16H21ClN4O2.ClH/c1-10(18-3)8-15-20-16(23-21-15)9-14(19-11(2)22)12-4-6-13(17)7-5-12;/h4-7,10,14,18H,8-9H2,1-3H3,(H,19,22);1H. The van der Waals surface area contributed by atoms with Crippen molar-refractivity contribution in [2.24, 2.45) is 0 Å². The fourth-order valence-corrected chi connectivity index (χ4v) is 2.33. The van der Waals surface area contributed by atoms with Gasteiger partial charge >= 0.3 is 0 Å². The van der Waals surface area contributed by atoms with Gasteiger partial charge in [-0.15, -0.1) is 12.4 Å². The Morgan fingerprint density at radius 1 is 1.29 bits per heavy atom. The molecule has 1 amide bonds. The van der Waals surface area contributed by atoms with E-state index in [2.05, 4.69) is 20.8 Å². The third kappa shape index (κ3) is 6.11. The fourth-order valence-electron chi connectivity index (χ4n) is 2.20. The van der Waals surface area contributed by atoms with E-state index in [0.29, 0.717) is 29.6 Å². The summed E-state index contributed by atoms with van der Waals surface area (Å²) in [5.74, 6) is 1.03. The van der Waals surface area contributed by atoms with Gasteiger partial charge in [0.05, 0.1) is 12.5 Å². The first-order valence-corrected chi connectivity index (χ1v) is 7.87. The SMILES string of the molecule is CNC(C)Cc1noc(CC(NC(C)=O)c2ccc(Cl)cc2)n1.Cl. The Morgan fingerprint density at radius 2 is 1.96 bits per heavy atom. The van der Waals surface area contributed by atoms with E-state index in [0.717, 1.165) is 5.56 Å². The van der Waals surface area contributed by atoms with Gasteiger partial charge in [0.2, 0.25) is 11.8 Å². The molecule has 2 rings (SSSR count). The van der Waals surface area contributed by atoms with E-state index < -0.39 is 0 Å². The molecule has 0 bridgehead atoms. The molecule has 0 aliphatic heterocycles. The molecular weight excluding hydrogens is 351 g/mol. The van der Waals surface area contributed by atoms with Crippen molar-refractivity contribution in [3.8, 4) is 0 Å². The van der Waals surface area contributed by atoms with E-state index >= 15 is 0 Å². The summed E-state index contributed by atoms with van der Waals surface area (Å²) in [6.07, 6.45) is 1.12. The molecule has 8 heteroatoms. The maximum Gasteiger partial charge on any atom is 0.229 e. The number of carbonyl (C=O) groups is 1. The average Bonchev–Trinajstić information content (AvgIpc) is 2.94. The molecule has 0 saturated heterocycles.